The summed E-state index contributed by atoms with van der Waals surface area (Å²) >= 11 is 0. The van der Waals surface area contributed by atoms with Gasteiger partial charge in [0.05, 0.1) is 5.92 Å². The van der Waals surface area contributed by atoms with Gasteiger partial charge in [0.25, 0.3) is 0 Å². The number of carboxylic acid groups (broad SMARTS) is 1. The molecule has 4 aromatic carbocycles. The highest BCUT2D eigenvalue weighted by atomic mass is 16.4. The number of hydrogen-bond acceptors (Lipinski definition) is 2. The molecule has 0 spiro atoms. The van der Waals surface area contributed by atoms with Crippen molar-refractivity contribution in [1.82, 2.24) is 0 Å². The van der Waals surface area contributed by atoms with Gasteiger partial charge in [0, 0.05) is 6.42 Å². The van der Waals surface area contributed by atoms with Crippen molar-refractivity contribution < 1.29 is 14.7 Å². The summed E-state index contributed by atoms with van der Waals surface area (Å²) in [6, 6.07) is 27.0. The van der Waals surface area contributed by atoms with Crippen molar-refractivity contribution >= 4 is 33.3 Å². The number of carbonyl (C=O) groups is 2. The number of benzene rings is 4. The second-order valence-electron chi connectivity index (χ2n) is 7.53. The molecule has 0 bridgehead atoms. The molecule has 1 atom stereocenters. The molecule has 0 aliphatic carbocycles. The molecule has 1 unspecified atom stereocenters. The van der Waals surface area contributed by atoms with Gasteiger partial charge in [-0.15, -0.1) is 0 Å². The van der Waals surface area contributed by atoms with Crippen molar-refractivity contribution in [3.05, 3.63) is 84.4 Å². The number of ketones is 1. The van der Waals surface area contributed by atoms with Crippen molar-refractivity contribution in [2.75, 3.05) is 0 Å². The van der Waals surface area contributed by atoms with Gasteiger partial charge in [-0.05, 0) is 57.6 Å². The summed E-state index contributed by atoms with van der Waals surface area (Å²) < 4.78 is 0. The topological polar surface area (TPSA) is 54.4 Å². The highest BCUT2D eigenvalue weighted by molar-refractivity contribution is 6.13. The number of carbonyl (C=O) groups excluding carboxylic acids is 1. The maximum atomic E-state index is 11.4. The summed E-state index contributed by atoms with van der Waals surface area (Å²) in [6.45, 7) is 1.43. The summed E-state index contributed by atoms with van der Waals surface area (Å²) in [5.74, 6) is -1.71. The largest absolute Gasteiger partial charge is 0.481 e. The summed E-state index contributed by atoms with van der Waals surface area (Å²) in [4.78, 5) is 22.8. The first-order valence-corrected chi connectivity index (χ1v) is 9.75. The van der Waals surface area contributed by atoms with Crippen LogP contribution in [0.5, 0.6) is 0 Å². The van der Waals surface area contributed by atoms with Gasteiger partial charge < -0.3 is 9.90 Å². The second-order valence-corrected chi connectivity index (χ2v) is 7.53. The summed E-state index contributed by atoms with van der Waals surface area (Å²) in [5, 5.41) is 14.2. The first kappa shape index (κ1) is 18.9. The molecule has 0 aliphatic heterocycles. The fourth-order valence-corrected chi connectivity index (χ4v) is 3.99. The van der Waals surface area contributed by atoms with E-state index in [0.29, 0.717) is 6.42 Å². The van der Waals surface area contributed by atoms with Crippen LogP contribution in [0.3, 0.4) is 0 Å². The Kier molecular flexibility index (Phi) is 5.13. The van der Waals surface area contributed by atoms with Crippen LogP contribution in [0.2, 0.25) is 0 Å². The van der Waals surface area contributed by atoms with Gasteiger partial charge in [-0.3, -0.25) is 4.79 Å². The monoisotopic (exact) mass is 382 g/mol. The average molecular weight is 382 g/mol. The van der Waals surface area contributed by atoms with Gasteiger partial charge in [-0.2, -0.15) is 0 Å². The Bertz CT molecular complexity index is 1210. The summed E-state index contributed by atoms with van der Waals surface area (Å²) in [5.41, 5.74) is 3.17. The van der Waals surface area contributed by atoms with E-state index in [1.165, 1.54) is 28.5 Å². The first-order valence-electron chi connectivity index (χ1n) is 9.75. The smallest absolute Gasteiger partial charge is 0.307 e. The molecule has 144 valence electrons. The van der Waals surface area contributed by atoms with E-state index in [0.717, 1.165) is 16.7 Å². The maximum Gasteiger partial charge on any atom is 0.307 e. The molecular weight excluding hydrogens is 360 g/mol. The lowest BCUT2D eigenvalue weighted by atomic mass is 9.91. The summed E-state index contributed by atoms with van der Waals surface area (Å²) in [6.07, 6.45) is 0.417. The van der Waals surface area contributed by atoms with Crippen molar-refractivity contribution in [2.45, 2.75) is 19.8 Å². The molecule has 4 rings (SSSR count). The average Bonchev–Trinajstić information content (AvgIpc) is 2.73. The molecule has 1 N–H and O–H groups in total. The predicted octanol–water partition coefficient (Wildman–Crippen LogP) is 5.88. The van der Waals surface area contributed by atoms with Crippen molar-refractivity contribution in [2.24, 2.45) is 5.92 Å². The van der Waals surface area contributed by atoms with Gasteiger partial charge in [0.15, 0.2) is 0 Å². The lowest BCUT2D eigenvalue weighted by molar-refractivity contribution is -0.143. The SMILES string of the molecule is CC(=O)CC(Cc1ccc(-c2cc3ccccc3c3ccccc23)cc1)C(=O)O. The number of hydrogen-bond donors (Lipinski definition) is 1. The van der Waals surface area contributed by atoms with Gasteiger partial charge >= 0.3 is 5.97 Å². The molecule has 0 fully saturated rings. The van der Waals surface area contributed by atoms with E-state index in [1.54, 1.807) is 0 Å². The van der Waals surface area contributed by atoms with Crippen molar-refractivity contribution in [3.63, 3.8) is 0 Å². The molecule has 0 aromatic heterocycles. The molecular formula is C26H22O3. The van der Waals surface area contributed by atoms with E-state index in [1.807, 2.05) is 36.4 Å². The normalized spacial score (nSPS) is 12.2. The number of Topliss-reactive ketones (excluding diaryl/α,β-unsaturated/α-hetero) is 1. The van der Waals surface area contributed by atoms with Crippen LogP contribution in [-0.2, 0) is 16.0 Å². The van der Waals surface area contributed by atoms with Crippen LogP contribution in [0.4, 0.5) is 0 Å². The Labute approximate surface area is 169 Å². The fraction of sp³-hybridized carbons (Fsp3) is 0.154. The standard InChI is InChI=1S/C26H22O3/c1-17(27)14-21(26(28)29)15-18-10-12-19(13-11-18)25-16-20-6-2-3-7-22(20)23-8-4-5-9-24(23)25/h2-13,16,21H,14-15H2,1H3,(H,28,29). The lowest BCUT2D eigenvalue weighted by Gasteiger charge is -2.13. The zero-order chi connectivity index (χ0) is 20.4. The van der Waals surface area contributed by atoms with Crippen LogP contribution < -0.4 is 0 Å². The Hall–Kier alpha value is -3.46. The Balaban J connectivity index is 1.73. The fourth-order valence-electron chi connectivity index (χ4n) is 3.99. The second kappa shape index (κ2) is 7.88. The maximum absolute atomic E-state index is 11.4. The number of carboxylic acids is 1. The van der Waals surface area contributed by atoms with Crippen LogP contribution in [0, 0.1) is 5.92 Å². The molecule has 0 saturated heterocycles. The molecule has 29 heavy (non-hydrogen) atoms. The van der Waals surface area contributed by atoms with Crippen LogP contribution >= 0.6 is 0 Å². The third-order valence-electron chi connectivity index (χ3n) is 5.40. The quantitative estimate of drug-likeness (QED) is 0.424. The van der Waals surface area contributed by atoms with E-state index in [9.17, 15) is 14.7 Å². The highest BCUT2D eigenvalue weighted by Gasteiger charge is 2.20. The van der Waals surface area contributed by atoms with Gasteiger partial charge in [0.2, 0.25) is 0 Å². The van der Waals surface area contributed by atoms with Crippen molar-refractivity contribution in [1.29, 1.82) is 0 Å². The highest BCUT2D eigenvalue weighted by Crippen LogP contribution is 2.35. The number of rotatable bonds is 6. The number of fused-ring (bicyclic) bond motifs is 3. The molecule has 0 amide bonds. The van der Waals surface area contributed by atoms with Gasteiger partial charge in [0.1, 0.15) is 5.78 Å². The lowest BCUT2D eigenvalue weighted by Crippen LogP contribution is -2.19. The molecule has 0 saturated carbocycles. The summed E-state index contributed by atoms with van der Waals surface area (Å²) in [7, 11) is 0. The molecule has 3 nitrogen and oxygen atoms in total. The molecule has 3 heteroatoms. The molecule has 4 aromatic rings. The van der Waals surface area contributed by atoms with Crippen molar-refractivity contribution in [3.8, 4) is 11.1 Å². The minimum absolute atomic E-state index is 0.0619. The van der Waals surface area contributed by atoms with E-state index in [-0.39, 0.29) is 12.2 Å². The Morgan fingerprint density at radius 2 is 1.45 bits per heavy atom. The third kappa shape index (κ3) is 3.90. The molecule has 0 radical (unpaired) electrons. The van der Waals surface area contributed by atoms with E-state index in [2.05, 4.69) is 42.5 Å². The molecule has 0 heterocycles. The van der Waals surface area contributed by atoms with E-state index < -0.39 is 11.9 Å². The van der Waals surface area contributed by atoms with Crippen LogP contribution in [0.1, 0.15) is 18.9 Å². The van der Waals surface area contributed by atoms with Gasteiger partial charge in [-0.25, -0.2) is 0 Å². The Morgan fingerprint density at radius 1 is 0.828 bits per heavy atom. The van der Waals surface area contributed by atoms with Crippen LogP contribution in [0.25, 0.3) is 32.7 Å². The predicted molar refractivity (Wildman–Crippen MR) is 117 cm³/mol. The first-order chi connectivity index (χ1) is 14.0. The number of aliphatic carboxylic acids is 1. The third-order valence-corrected chi connectivity index (χ3v) is 5.40. The van der Waals surface area contributed by atoms with Crippen LogP contribution in [0.15, 0.2) is 78.9 Å². The minimum atomic E-state index is -0.926. The van der Waals surface area contributed by atoms with Gasteiger partial charge in [-0.1, -0.05) is 72.8 Å². The van der Waals surface area contributed by atoms with E-state index >= 15 is 0 Å². The van der Waals surface area contributed by atoms with Crippen LogP contribution in [-0.4, -0.2) is 16.9 Å². The zero-order valence-electron chi connectivity index (χ0n) is 16.3. The minimum Gasteiger partial charge on any atom is -0.481 e. The Morgan fingerprint density at radius 3 is 2.10 bits per heavy atom. The zero-order valence-corrected chi connectivity index (χ0v) is 16.3. The van der Waals surface area contributed by atoms with E-state index in [4.69, 9.17) is 0 Å². The molecule has 0 aliphatic rings.